The molecule has 0 atom stereocenters. The maximum atomic E-state index is 8.17. The summed E-state index contributed by atoms with van der Waals surface area (Å²) in [6.45, 7) is 0. The predicted octanol–water partition coefficient (Wildman–Crippen LogP) is 10.6. The molecule has 0 fully saturated rings. The molecule has 0 saturated carbocycles. The highest BCUT2D eigenvalue weighted by molar-refractivity contribution is 6.50. The number of hydrogen-bond acceptors (Lipinski definition) is 8. The van der Waals surface area contributed by atoms with E-state index in [2.05, 4.69) is 80.6 Å². The first-order chi connectivity index (χ1) is 24.6. The second-order valence-electron chi connectivity index (χ2n) is 11.8. The van der Waals surface area contributed by atoms with Crippen molar-refractivity contribution in [1.29, 1.82) is 10.8 Å². The van der Waals surface area contributed by atoms with Crippen molar-refractivity contribution in [1.82, 2.24) is 0 Å². The van der Waals surface area contributed by atoms with Gasteiger partial charge in [-0.25, -0.2) is 0 Å². The minimum atomic E-state index is 0.348. The fourth-order valence-corrected chi connectivity index (χ4v) is 5.98. The average Bonchev–Trinajstić information content (AvgIpc) is 3.53. The van der Waals surface area contributed by atoms with Crippen LogP contribution in [0.25, 0.3) is 33.1 Å². The summed E-state index contributed by atoms with van der Waals surface area (Å²) in [6, 6.07) is 39.0. The van der Waals surface area contributed by atoms with Gasteiger partial charge in [0.15, 0.2) is 0 Å². The van der Waals surface area contributed by atoms with Gasteiger partial charge in [0.1, 0.15) is 22.6 Å². The Balaban J connectivity index is 1.15. The summed E-state index contributed by atoms with van der Waals surface area (Å²) in [5.74, 6) is 0. The van der Waals surface area contributed by atoms with E-state index in [0.29, 0.717) is 22.8 Å². The largest absolute Gasteiger partial charge is 0.456 e. The van der Waals surface area contributed by atoms with Gasteiger partial charge in [0, 0.05) is 27.8 Å². The third-order valence-electron chi connectivity index (χ3n) is 8.46. The zero-order chi connectivity index (χ0) is 33.9. The van der Waals surface area contributed by atoms with E-state index in [9.17, 15) is 0 Å². The van der Waals surface area contributed by atoms with Crippen molar-refractivity contribution in [2.45, 2.75) is 0 Å². The Kier molecular flexibility index (Phi) is 8.00. The standard InChI is InChI=1S/C42H31N7O/c43-37-14-2-4-16-39(37)47-45-30-9-7-11-33(26-30)49(34-12-8-10-31(27-34)46-48-40-17-5-3-15-38(40)44)32-22-19-28(20-23-32)29-21-24-42-36(25-29)35-13-1-6-18-41(35)50-42/h1-27,43-46H/b43-37?,44-38?,47-39-,48-40-. The summed E-state index contributed by atoms with van der Waals surface area (Å²) >= 11 is 0. The van der Waals surface area contributed by atoms with E-state index >= 15 is 0 Å². The van der Waals surface area contributed by atoms with Gasteiger partial charge in [-0.2, -0.15) is 10.2 Å². The summed E-state index contributed by atoms with van der Waals surface area (Å²) in [5, 5.41) is 27.5. The molecule has 8 heteroatoms. The molecule has 4 N–H and O–H groups in total. The number of nitrogens with one attached hydrogen (secondary N) is 4. The van der Waals surface area contributed by atoms with Crippen LogP contribution in [0, 0.1) is 10.8 Å². The highest BCUT2D eigenvalue weighted by Gasteiger charge is 2.15. The lowest BCUT2D eigenvalue weighted by Crippen LogP contribution is -2.13. The predicted molar refractivity (Wildman–Crippen MR) is 208 cm³/mol. The van der Waals surface area contributed by atoms with Gasteiger partial charge in [0.05, 0.1) is 22.8 Å². The molecule has 0 aliphatic heterocycles. The molecule has 0 saturated heterocycles. The summed E-state index contributed by atoms with van der Waals surface area (Å²) in [5.41, 5.74) is 16.4. The Morgan fingerprint density at radius 2 is 1.04 bits per heavy atom. The molecule has 1 heterocycles. The Morgan fingerprint density at radius 3 is 1.66 bits per heavy atom. The molecule has 0 spiro atoms. The van der Waals surface area contributed by atoms with E-state index in [0.717, 1.165) is 61.5 Å². The van der Waals surface area contributed by atoms with Crippen LogP contribution in [0.1, 0.15) is 0 Å². The quantitative estimate of drug-likeness (QED) is 0.0970. The Hall–Kier alpha value is -7.06. The normalized spacial score (nSPS) is 15.4. The van der Waals surface area contributed by atoms with Crippen LogP contribution in [0.5, 0.6) is 0 Å². The van der Waals surface area contributed by atoms with Crippen LogP contribution >= 0.6 is 0 Å². The number of nitrogens with zero attached hydrogens (tertiary/aromatic N) is 3. The molecular weight excluding hydrogens is 619 g/mol. The van der Waals surface area contributed by atoms with Gasteiger partial charge in [-0.05, 0) is 102 Å². The Morgan fingerprint density at radius 1 is 0.480 bits per heavy atom. The fraction of sp³-hybridized carbons (Fsp3) is 0. The van der Waals surface area contributed by atoms with Crippen molar-refractivity contribution < 1.29 is 4.42 Å². The molecule has 2 aliphatic carbocycles. The molecule has 0 radical (unpaired) electrons. The first kappa shape index (κ1) is 30.3. The monoisotopic (exact) mass is 649 g/mol. The molecule has 0 bridgehead atoms. The van der Waals surface area contributed by atoms with Crippen molar-refractivity contribution in [3.05, 3.63) is 164 Å². The smallest absolute Gasteiger partial charge is 0.135 e. The van der Waals surface area contributed by atoms with E-state index in [1.165, 1.54) is 0 Å². The van der Waals surface area contributed by atoms with Gasteiger partial charge in [-0.3, -0.25) is 21.7 Å². The van der Waals surface area contributed by atoms with Gasteiger partial charge >= 0.3 is 0 Å². The number of para-hydroxylation sites is 1. The molecular formula is C42H31N7O. The minimum absolute atomic E-state index is 0.348. The van der Waals surface area contributed by atoms with Crippen LogP contribution in [-0.2, 0) is 0 Å². The Bertz CT molecular complexity index is 2380. The molecule has 5 aromatic carbocycles. The van der Waals surface area contributed by atoms with Gasteiger partial charge < -0.3 is 9.32 Å². The van der Waals surface area contributed by atoms with Crippen molar-refractivity contribution in [2.24, 2.45) is 10.2 Å². The number of furan rings is 1. The van der Waals surface area contributed by atoms with Crippen LogP contribution in [0.2, 0.25) is 0 Å². The fourth-order valence-electron chi connectivity index (χ4n) is 5.98. The molecule has 6 aromatic rings. The third kappa shape index (κ3) is 6.16. The van der Waals surface area contributed by atoms with Crippen LogP contribution in [0.4, 0.5) is 28.4 Å². The first-order valence-electron chi connectivity index (χ1n) is 16.2. The summed E-state index contributed by atoms with van der Waals surface area (Å²) < 4.78 is 6.06. The molecule has 8 nitrogen and oxygen atoms in total. The van der Waals surface area contributed by atoms with Crippen molar-refractivity contribution >= 4 is 73.2 Å². The third-order valence-corrected chi connectivity index (χ3v) is 8.46. The highest BCUT2D eigenvalue weighted by atomic mass is 16.3. The molecule has 1 aromatic heterocycles. The van der Waals surface area contributed by atoms with E-state index in [4.69, 9.17) is 15.2 Å². The lowest BCUT2D eigenvalue weighted by Gasteiger charge is -2.26. The number of hydrogen-bond donors (Lipinski definition) is 4. The van der Waals surface area contributed by atoms with Crippen LogP contribution in [-0.4, -0.2) is 22.8 Å². The second-order valence-corrected chi connectivity index (χ2v) is 11.8. The Labute approximate surface area is 288 Å². The first-order valence-corrected chi connectivity index (χ1v) is 16.2. The SMILES string of the molecule is N=C1C=CC=C/C1=N/Nc1cccc(N(c2ccc(-c3ccc4oc5ccccc5c4c3)cc2)c2cccc(N/N=C3/C=CC=CC3=N)c2)c1. The minimum Gasteiger partial charge on any atom is -0.456 e. The number of allylic oxidation sites excluding steroid dienone is 8. The molecule has 0 unspecified atom stereocenters. The van der Waals surface area contributed by atoms with E-state index in [-0.39, 0.29) is 0 Å². The van der Waals surface area contributed by atoms with Gasteiger partial charge in [-0.1, -0.05) is 72.8 Å². The zero-order valence-electron chi connectivity index (χ0n) is 26.8. The van der Waals surface area contributed by atoms with Crippen molar-refractivity contribution in [3.63, 3.8) is 0 Å². The van der Waals surface area contributed by atoms with Gasteiger partial charge in [0.25, 0.3) is 0 Å². The summed E-state index contributed by atoms with van der Waals surface area (Å²) in [4.78, 5) is 2.17. The number of benzene rings is 5. The van der Waals surface area contributed by atoms with Crippen LogP contribution in [0.15, 0.2) is 178 Å². The molecule has 240 valence electrons. The summed E-state index contributed by atoms with van der Waals surface area (Å²) in [7, 11) is 0. The second kappa shape index (κ2) is 13.2. The van der Waals surface area contributed by atoms with Gasteiger partial charge in [-0.15, -0.1) is 0 Å². The lowest BCUT2D eigenvalue weighted by molar-refractivity contribution is 0.669. The number of fused-ring (bicyclic) bond motifs is 3. The van der Waals surface area contributed by atoms with Crippen LogP contribution in [0.3, 0.4) is 0 Å². The number of hydrazone groups is 2. The maximum Gasteiger partial charge on any atom is 0.135 e. The highest BCUT2D eigenvalue weighted by Crippen LogP contribution is 2.38. The zero-order valence-corrected chi connectivity index (χ0v) is 26.8. The van der Waals surface area contributed by atoms with E-state index in [1.54, 1.807) is 12.2 Å². The summed E-state index contributed by atoms with van der Waals surface area (Å²) in [6.07, 6.45) is 14.4. The van der Waals surface area contributed by atoms with Crippen molar-refractivity contribution in [3.8, 4) is 11.1 Å². The number of anilines is 5. The molecule has 2 aliphatic rings. The topological polar surface area (TPSA) is 113 Å². The molecule has 50 heavy (non-hydrogen) atoms. The molecule has 0 amide bonds. The maximum absolute atomic E-state index is 8.17. The number of rotatable bonds is 8. The van der Waals surface area contributed by atoms with E-state index in [1.807, 2.05) is 97.1 Å². The van der Waals surface area contributed by atoms with Crippen molar-refractivity contribution in [2.75, 3.05) is 15.8 Å². The lowest BCUT2D eigenvalue weighted by atomic mass is 10.0. The van der Waals surface area contributed by atoms with Crippen LogP contribution < -0.4 is 15.8 Å². The van der Waals surface area contributed by atoms with Gasteiger partial charge in [0.2, 0.25) is 0 Å². The average molecular weight is 650 g/mol. The van der Waals surface area contributed by atoms with E-state index < -0.39 is 0 Å². The molecule has 8 rings (SSSR count).